The maximum atomic E-state index is 13.7. The van der Waals surface area contributed by atoms with Crippen molar-refractivity contribution in [3.8, 4) is 5.69 Å². The molecule has 3 heterocycles. The molecule has 34 heavy (non-hydrogen) atoms. The predicted molar refractivity (Wildman–Crippen MR) is 139 cm³/mol. The quantitative estimate of drug-likeness (QED) is 0.349. The van der Waals surface area contributed by atoms with Gasteiger partial charge in [-0.3, -0.25) is 4.98 Å². The summed E-state index contributed by atoms with van der Waals surface area (Å²) in [4.78, 5) is 6.73. The molecule has 2 aromatic heterocycles. The summed E-state index contributed by atoms with van der Waals surface area (Å²) in [5, 5.41) is 4.09. The van der Waals surface area contributed by atoms with Gasteiger partial charge in [-0.2, -0.15) is 0 Å². The molecular formula is C28H27FN4S. The first-order valence-electron chi connectivity index (χ1n) is 11.4. The maximum Gasteiger partial charge on any atom is 0.174 e. The van der Waals surface area contributed by atoms with Crippen LogP contribution in [0.4, 0.5) is 10.1 Å². The number of benzene rings is 2. The van der Waals surface area contributed by atoms with Crippen LogP contribution in [0.2, 0.25) is 0 Å². The molecule has 4 aromatic rings. The second kappa shape index (κ2) is 8.69. The standard InChI is InChI=1S/C28H27FN4S/c1-17-8-7-10-25(19(17)3)32-18(2)16-23(20(32)4)27-26(24-9-5-6-15-30-24)31-28(34)33(27)22-13-11-21(29)12-14-22/h5-16,26-27H,1-4H3,(H,31,34). The molecule has 0 radical (unpaired) electrons. The Hall–Kier alpha value is -3.51. The molecule has 6 heteroatoms. The number of rotatable bonds is 4. The molecule has 1 saturated heterocycles. The lowest BCUT2D eigenvalue weighted by atomic mass is 9.96. The van der Waals surface area contributed by atoms with Gasteiger partial charge in [0.05, 0.1) is 17.8 Å². The number of aryl methyl sites for hydroxylation is 2. The van der Waals surface area contributed by atoms with Crippen LogP contribution in [-0.2, 0) is 0 Å². The lowest BCUT2D eigenvalue weighted by molar-refractivity contribution is 0.565. The highest BCUT2D eigenvalue weighted by Gasteiger charge is 2.42. The third-order valence-corrected chi connectivity index (χ3v) is 7.12. The van der Waals surface area contributed by atoms with Crippen LogP contribution in [0.5, 0.6) is 0 Å². The first-order valence-corrected chi connectivity index (χ1v) is 11.8. The van der Waals surface area contributed by atoms with Gasteiger partial charge in [0.15, 0.2) is 5.11 Å². The summed E-state index contributed by atoms with van der Waals surface area (Å²) in [5.74, 6) is -0.271. The fourth-order valence-electron chi connectivity index (χ4n) is 4.99. The van der Waals surface area contributed by atoms with Crippen molar-refractivity contribution < 1.29 is 4.39 Å². The Balaban J connectivity index is 1.70. The van der Waals surface area contributed by atoms with E-state index >= 15 is 0 Å². The average molecular weight is 471 g/mol. The summed E-state index contributed by atoms with van der Waals surface area (Å²) in [6, 6.07) is 20.8. The largest absolute Gasteiger partial charge is 0.351 e. The summed E-state index contributed by atoms with van der Waals surface area (Å²) in [5.41, 5.74) is 8.91. The van der Waals surface area contributed by atoms with Crippen molar-refractivity contribution in [3.63, 3.8) is 0 Å². The van der Waals surface area contributed by atoms with Gasteiger partial charge in [0, 0.05) is 29.0 Å². The SMILES string of the molecule is Cc1cccc(-n2c(C)cc(C3C(c4ccccn4)NC(=S)N3c3ccc(F)cc3)c2C)c1C. The lowest BCUT2D eigenvalue weighted by Gasteiger charge is -2.28. The zero-order valence-corrected chi connectivity index (χ0v) is 20.5. The van der Waals surface area contributed by atoms with E-state index in [4.69, 9.17) is 12.2 Å². The van der Waals surface area contributed by atoms with Crippen LogP contribution in [0, 0.1) is 33.5 Å². The Morgan fingerprint density at radius 1 is 0.941 bits per heavy atom. The molecule has 5 rings (SSSR count). The van der Waals surface area contributed by atoms with Crippen LogP contribution in [0.3, 0.4) is 0 Å². The van der Waals surface area contributed by atoms with Gasteiger partial charge in [-0.15, -0.1) is 0 Å². The average Bonchev–Trinajstić information content (AvgIpc) is 3.32. The molecule has 0 amide bonds. The number of pyridine rings is 1. The molecule has 0 bridgehead atoms. The third-order valence-electron chi connectivity index (χ3n) is 6.81. The minimum atomic E-state index is -0.271. The van der Waals surface area contributed by atoms with E-state index in [-0.39, 0.29) is 17.9 Å². The van der Waals surface area contributed by atoms with E-state index < -0.39 is 0 Å². The van der Waals surface area contributed by atoms with Crippen molar-refractivity contribution in [3.05, 3.63) is 113 Å². The molecule has 0 aliphatic carbocycles. The minimum absolute atomic E-state index is 0.141. The van der Waals surface area contributed by atoms with Gasteiger partial charge in [-0.1, -0.05) is 18.2 Å². The van der Waals surface area contributed by atoms with Crippen molar-refractivity contribution >= 4 is 23.0 Å². The Labute approximate surface area is 205 Å². The second-order valence-electron chi connectivity index (χ2n) is 8.85. The van der Waals surface area contributed by atoms with Gasteiger partial charge in [0.1, 0.15) is 5.82 Å². The van der Waals surface area contributed by atoms with Crippen molar-refractivity contribution in [1.29, 1.82) is 0 Å². The fraction of sp³-hybridized carbons (Fsp3) is 0.214. The number of halogens is 1. The Morgan fingerprint density at radius 2 is 1.71 bits per heavy atom. The number of aromatic nitrogens is 2. The zero-order valence-electron chi connectivity index (χ0n) is 19.7. The van der Waals surface area contributed by atoms with E-state index in [1.165, 1.54) is 28.9 Å². The van der Waals surface area contributed by atoms with Crippen LogP contribution in [-0.4, -0.2) is 14.7 Å². The number of anilines is 1. The summed E-state index contributed by atoms with van der Waals surface area (Å²) in [6.45, 7) is 8.60. The Morgan fingerprint density at radius 3 is 2.41 bits per heavy atom. The summed E-state index contributed by atoms with van der Waals surface area (Å²) >= 11 is 5.81. The van der Waals surface area contributed by atoms with E-state index in [0.717, 1.165) is 28.3 Å². The van der Waals surface area contributed by atoms with E-state index in [1.807, 2.05) is 18.2 Å². The van der Waals surface area contributed by atoms with Crippen LogP contribution in [0.1, 0.15) is 45.9 Å². The topological polar surface area (TPSA) is 33.1 Å². The molecule has 0 saturated carbocycles. The maximum absolute atomic E-state index is 13.7. The van der Waals surface area contributed by atoms with Gasteiger partial charge >= 0.3 is 0 Å². The third kappa shape index (κ3) is 3.68. The molecule has 1 aliphatic heterocycles. The van der Waals surface area contributed by atoms with Gasteiger partial charge in [-0.25, -0.2) is 4.39 Å². The van der Waals surface area contributed by atoms with Crippen LogP contribution in [0.15, 0.2) is 72.9 Å². The summed E-state index contributed by atoms with van der Waals surface area (Å²) < 4.78 is 16.0. The number of nitrogens with one attached hydrogen (secondary N) is 1. The number of hydrogen-bond acceptors (Lipinski definition) is 2. The molecule has 0 spiro atoms. The minimum Gasteiger partial charge on any atom is -0.351 e. The number of nitrogens with zero attached hydrogens (tertiary/aromatic N) is 3. The Bertz CT molecular complexity index is 1360. The van der Waals surface area contributed by atoms with Gasteiger partial charge in [0.25, 0.3) is 0 Å². The van der Waals surface area contributed by atoms with Crippen molar-refractivity contribution in [1.82, 2.24) is 14.9 Å². The van der Waals surface area contributed by atoms with E-state index in [1.54, 1.807) is 18.3 Å². The van der Waals surface area contributed by atoms with E-state index in [2.05, 4.69) is 71.7 Å². The highest BCUT2D eigenvalue weighted by Crippen LogP contribution is 2.43. The summed E-state index contributed by atoms with van der Waals surface area (Å²) in [7, 11) is 0. The van der Waals surface area contributed by atoms with E-state index in [0.29, 0.717) is 5.11 Å². The van der Waals surface area contributed by atoms with Crippen LogP contribution >= 0.6 is 12.2 Å². The highest BCUT2D eigenvalue weighted by atomic mass is 32.1. The molecule has 172 valence electrons. The first-order chi connectivity index (χ1) is 16.4. The highest BCUT2D eigenvalue weighted by molar-refractivity contribution is 7.80. The van der Waals surface area contributed by atoms with E-state index in [9.17, 15) is 4.39 Å². The van der Waals surface area contributed by atoms with Crippen molar-refractivity contribution in [2.24, 2.45) is 0 Å². The molecule has 2 unspecified atom stereocenters. The Kier molecular flexibility index (Phi) is 5.70. The zero-order chi connectivity index (χ0) is 24.0. The van der Waals surface area contributed by atoms with Crippen LogP contribution < -0.4 is 10.2 Å². The molecule has 2 atom stereocenters. The fourth-order valence-corrected chi connectivity index (χ4v) is 5.33. The molecule has 1 fully saturated rings. The molecule has 1 N–H and O–H groups in total. The molecular weight excluding hydrogens is 443 g/mol. The normalized spacial score (nSPS) is 17.8. The molecule has 4 nitrogen and oxygen atoms in total. The monoisotopic (exact) mass is 470 g/mol. The predicted octanol–water partition coefficient (Wildman–Crippen LogP) is 6.42. The van der Waals surface area contributed by atoms with Gasteiger partial charge in [0.2, 0.25) is 0 Å². The second-order valence-corrected chi connectivity index (χ2v) is 9.24. The number of thiocarbonyl (C=S) groups is 1. The molecule has 1 aliphatic rings. The smallest absolute Gasteiger partial charge is 0.174 e. The van der Waals surface area contributed by atoms with Gasteiger partial charge in [-0.05, 0) is 105 Å². The van der Waals surface area contributed by atoms with Crippen LogP contribution in [0.25, 0.3) is 5.69 Å². The molecule has 2 aromatic carbocycles. The van der Waals surface area contributed by atoms with Crippen molar-refractivity contribution in [2.45, 2.75) is 39.8 Å². The van der Waals surface area contributed by atoms with Gasteiger partial charge < -0.3 is 14.8 Å². The first kappa shape index (κ1) is 22.3. The number of hydrogen-bond donors (Lipinski definition) is 1. The van der Waals surface area contributed by atoms with Crippen molar-refractivity contribution in [2.75, 3.05) is 4.90 Å². The lowest BCUT2D eigenvalue weighted by Crippen LogP contribution is -2.29. The summed E-state index contributed by atoms with van der Waals surface area (Å²) in [6.07, 6.45) is 1.80.